The molecule has 5 nitrogen and oxygen atoms in total. The van der Waals surface area contributed by atoms with Crippen molar-refractivity contribution >= 4 is 23.2 Å². The van der Waals surface area contributed by atoms with E-state index >= 15 is 0 Å². The van der Waals surface area contributed by atoms with Crippen molar-refractivity contribution in [3.63, 3.8) is 0 Å². The molecule has 0 bridgehead atoms. The van der Waals surface area contributed by atoms with Crippen LogP contribution in [0.4, 0.5) is 5.69 Å². The van der Waals surface area contributed by atoms with Gasteiger partial charge in [0.05, 0.1) is 11.9 Å². The van der Waals surface area contributed by atoms with Gasteiger partial charge in [-0.05, 0) is 62.2 Å². The van der Waals surface area contributed by atoms with Crippen LogP contribution < -0.4 is 10.1 Å². The van der Waals surface area contributed by atoms with Gasteiger partial charge >= 0.3 is 0 Å². The number of carbonyl (C=O) groups is 1. The van der Waals surface area contributed by atoms with Crippen molar-refractivity contribution in [2.45, 2.75) is 38.8 Å². The fourth-order valence-corrected chi connectivity index (χ4v) is 3.46. The molecule has 0 atom stereocenters. The van der Waals surface area contributed by atoms with Crippen LogP contribution in [-0.2, 0) is 17.8 Å². The predicted molar refractivity (Wildman–Crippen MR) is 111 cm³/mol. The molecule has 0 fully saturated rings. The fourth-order valence-electron chi connectivity index (χ4n) is 3.34. The molecule has 0 unspecified atom stereocenters. The normalized spacial score (nSPS) is 13.2. The van der Waals surface area contributed by atoms with Crippen molar-refractivity contribution in [1.82, 2.24) is 9.55 Å². The van der Waals surface area contributed by atoms with E-state index in [0.29, 0.717) is 10.8 Å². The predicted octanol–water partition coefficient (Wildman–Crippen LogP) is 4.95. The summed E-state index contributed by atoms with van der Waals surface area (Å²) in [6.07, 6.45) is 4.11. The van der Waals surface area contributed by atoms with Gasteiger partial charge in [-0.1, -0.05) is 23.7 Å². The molecule has 1 aliphatic heterocycles. The Morgan fingerprint density at radius 1 is 1.14 bits per heavy atom. The lowest BCUT2D eigenvalue weighted by Crippen LogP contribution is -2.42. The van der Waals surface area contributed by atoms with Crippen LogP contribution in [0.25, 0.3) is 11.3 Å². The first kappa shape index (κ1) is 18.6. The van der Waals surface area contributed by atoms with Crippen molar-refractivity contribution in [2.75, 3.05) is 5.32 Å². The van der Waals surface area contributed by atoms with Crippen LogP contribution in [0, 0.1) is 0 Å². The van der Waals surface area contributed by atoms with Gasteiger partial charge in [0.25, 0.3) is 5.91 Å². The first-order valence-corrected chi connectivity index (χ1v) is 9.71. The third kappa shape index (κ3) is 3.76. The van der Waals surface area contributed by atoms with Crippen molar-refractivity contribution in [2.24, 2.45) is 0 Å². The number of hydrogen-bond acceptors (Lipinski definition) is 3. The molecule has 28 heavy (non-hydrogen) atoms. The van der Waals surface area contributed by atoms with Crippen LogP contribution in [0.2, 0.25) is 5.02 Å². The van der Waals surface area contributed by atoms with Crippen LogP contribution in [0.1, 0.15) is 26.1 Å². The summed E-state index contributed by atoms with van der Waals surface area (Å²) in [6, 6.07) is 14.8. The van der Waals surface area contributed by atoms with E-state index in [2.05, 4.69) is 14.9 Å². The lowest BCUT2D eigenvalue weighted by molar-refractivity contribution is -0.128. The van der Waals surface area contributed by atoms with Crippen LogP contribution in [0.5, 0.6) is 5.75 Å². The summed E-state index contributed by atoms with van der Waals surface area (Å²) in [4.78, 5) is 17.2. The topological polar surface area (TPSA) is 56.1 Å². The molecule has 0 saturated carbocycles. The Morgan fingerprint density at radius 3 is 2.57 bits per heavy atom. The van der Waals surface area contributed by atoms with Gasteiger partial charge in [0.2, 0.25) is 0 Å². The fraction of sp³-hybridized carbons (Fsp3) is 0.273. The van der Waals surface area contributed by atoms with Gasteiger partial charge in [-0.15, -0.1) is 0 Å². The maximum atomic E-state index is 12.7. The minimum Gasteiger partial charge on any atom is -0.478 e. The van der Waals surface area contributed by atoms with E-state index in [4.69, 9.17) is 16.3 Å². The molecule has 6 heteroatoms. The number of nitrogens with zero attached hydrogens (tertiary/aromatic N) is 2. The van der Waals surface area contributed by atoms with Crippen molar-refractivity contribution in [1.29, 1.82) is 0 Å². The van der Waals surface area contributed by atoms with E-state index in [1.807, 2.05) is 30.5 Å². The number of ether oxygens (including phenoxy) is 1. The number of halogens is 1. The van der Waals surface area contributed by atoms with Gasteiger partial charge in [-0.2, -0.15) is 0 Å². The quantitative estimate of drug-likeness (QED) is 0.665. The Labute approximate surface area is 169 Å². The summed E-state index contributed by atoms with van der Waals surface area (Å²) >= 11 is 5.89. The molecule has 3 aromatic rings. The molecule has 0 spiro atoms. The van der Waals surface area contributed by atoms with E-state index in [9.17, 15) is 4.79 Å². The number of benzene rings is 2. The molecule has 0 aliphatic carbocycles. The Hall–Kier alpha value is -2.79. The van der Waals surface area contributed by atoms with E-state index in [0.717, 1.165) is 42.2 Å². The smallest absolute Gasteiger partial charge is 0.267 e. The van der Waals surface area contributed by atoms with Crippen molar-refractivity contribution in [3.8, 4) is 17.0 Å². The summed E-state index contributed by atoms with van der Waals surface area (Å²) in [7, 11) is 0. The van der Waals surface area contributed by atoms with Gasteiger partial charge in [-0.25, -0.2) is 4.98 Å². The zero-order chi connectivity index (χ0) is 19.7. The number of imidazole rings is 1. The second-order valence-electron chi connectivity index (χ2n) is 7.41. The highest BCUT2D eigenvalue weighted by Gasteiger charge is 2.30. The number of hydrogen-bond donors (Lipinski definition) is 1. The summed E-state index contributed by atoms with van der Waals surface area (Å²) < 4.78 is 8.10. The molecule has 0 radical (unpaired) electrons. The minimum atomic E-state index is -1.03. The maximum absolute atomic E-state index is 12.7. The van der Waals surface area contributed by atoms with Gasteiger partial charge in [0.1, 0.15) is 11.6 Å². The van der Waals surface area contributed by atoms with Crippen LogP contribution in [0.3, 0.4) is 0 Å². The Morgan fingerprint density at radius 2 is 1.86 bits per heavy atom. The number of carbonyl (C=O) groups excluding carboxylic acids is 1. The standard InChI is InChI=1S/C22H22ClN3O2/c1-22(2,28-18-11-7-16(23)8-12-18)21(27)25-17-9-5-15(6-10-17)19-14-24-20-4-3-13-26(19)20/h5-12,14H,3-4,13H2,1-2H3,(H,25,27). The Balaban J connectivity index is 1.44. The Kier molecular flexibility index (Phi) is 4.85. The number of nitrogens with one attached hydrogen (secondary N) is 1. The van der Waals surface area contributed by atoms with Gasteiger partial charge < -0.3 is 14.6 Å². The third-order valence-corrected chi connectivity index (χ3v) is 5.14. The second-order valence-corrected chi connectivity index (χ2v) is 7.85. The minimum absolute atomic E-state index is 0.222. The molecule has 1 N–H and O–H groups in total. The molecular weight excluding hydrogens is 374 g/mol. The molecule has 2 heterocycles. The number of rotatable bonds is 5. The number of anilines is 1. The molecule has 2 aromatic carbocycles. The Bertz CT molecular complexity index is 992. The number of amides is 1. The van der Waals surface area contributed by atoms with Crippen LogP contribution >= 0.6 is 11.6 Å². The highest BCUT2D eigenvalue weighted by molar-refractivity contribution is 6.30. The van der Waals surface area contributed by atoms with Crippen molar-refractivity contribution < 1.29 is 9.53 Å². The first-order chi connectivity index (χ1) is 13.4. The lowest BCUT2D eigenvalue weighted by atomic mass is 10.1. The average Bonchev–Trinajstić information content (AvgIpc) is 3.28. The highest BCUT2D eigenvalue weighted by atomic mass is 35.5. The zero-order valence-electron chi connectivity index (χ0n) is 15.9. The SMILES string of the molecule is CC(C)(Oc1ccc(Cl)cc1)C(=O)Nc1ccc(-c2cnc3n2CCC3)cc1. The summed E-state index contributed by atoms with van der Waals surface area (Å²) in [6.45, 7) is 4.49. The second kappa shape index (κ2) is 7.32. The van der Waals surface area contributed by atoms with Gasteiger partial charge in [0, 0.05) is 23.7 Å². The highest BCUT2D eigenvalue weighted by Crippen LogP contribution is 2.27. The van der Waals surface area contributed by atoms with E-state index in [1.54, 1.807) is 38.1 Å². The first-order valence-electron chi connectivity index (χ1n) is 9.33. The summed E-state index contributed by atoms with van der Waals surface area (Å²) in [5.74, 6) is 1.52. The third-order valence-electron chi connectivity index (χ3n) is 4.89. The summed E-state index contributed by atoms with van der Waals surface area (Å²) in [5.41, 5.74) is 1.91. The monoisotopic (exact) mass is 395 g/mol. The van der Waals surface area contributed by atoms with Crippen LogP contribution in [0.15, 0.2) is 54.7 Å². The molecule has 0 saturated heterocycles. The van der Waals surface area contributed by atoms with Crippen LogP contribution in [-0.4, -0.2) is 21.1 Å². The zero-order valence-corrected chi connectivity index (χ0v) is 16.7. The van der Waals surface area contributed by atoms with E-state index < -0.39 is 5.60 Å². The molecule has 4 rings (SSSR count). The van der Waals surface area contributed by atoms with E-state index in [1.165, 1.54) is 0 Å². The number of aromatic nitrogens is 2. The molecule has 1 aliphatic rings. The molecule has 1 aromatic heterocycles. The largest absolute Gasteiger partial charge is 0.478 e. The van der Waals surface area contributed by atoms with Crippen molar-refractivity contribution in [3.05, 3.63) is 65.6 Å². The van der Waals surface area contributed by atoms with E-state index in [-0.39, 0.29) is 5.91 Å². The number of fused-ring (bicyclic) bond motifs is 1. The maximum Gasteiger partial charge on any atom is 0.267 e. The lowest BCUT2D eigenvalue weighted by Gasteiger charge is -2.25. The average molecular weight is 396 g/mol. The molecule has 1 amide bonds. The summed E-state index contributed by atoms with van der Waals surface area (Å²) in [5, 5.41) is 3.55. The number of aryl methyl sites for hydroxylation is 1. The van der Waals surface area contributed by atoms with Gasteiger partial charge in [0.15, 0.2) is 5.60 Å². The molecule has 144 valence electrons. The molecular formula is C22H22ClN3O2. The van der Waals surface area contributed by atoms with Gasteiger partial charge in [-0.3, -0.25) is 4.79 Å².